The SMILES string of the molecule is CCOc1ccc(N2C(=O)[C@@H]3Cc4c([nH]c5ccccc45)[C@@H](c4cccc(C)c4)N3C2=O)cc1. The minimum absolute atomic E-state index is 0.192. The van der Waals surface area contributed by atoms with E-state index in [-0.39, 0.29) is 18.0 Å². The van der Waals surface area contributed by atoms with Gasteiger partial charge in [-0.1, -0.05) is 48.0 Å². The Bertz CT molecular complexity index is 1420. The van der Waals surface area contributed by atoms with E-state index in [1.54, 1.807) is 29.2 Å². The summed E-state index contributed by atoms with van der Waals surface area (Å²) in [6.45, 7) is 4.52. The lowest BCUT2D eigenvalue weighted by Gasteiger charge is -2.36. The number of para-hydroxylation sites is 1. The summed E-state index contributed by atoms with van der Waals surface area (Å²) in [5.41, 5.74) is 5.78. The Labute approximate surface area is 197 Å². The number of benzene rings is 3. The zero-order chi connectivity index (χ0) is 23.4. The molecule has 3 aromatic carbocycles. The molecule has 2 aliphatic rings. The molecule has 2 aliphatic heterocycles. The molecule has 1 N–H and O–H groups in total. The van der Waals surface area contributed by atoms with E-state index in [1.807, 2.05) is 50.2 Å². The van der Waals surface area contributed by atoms with E-state index in [0.29, 0.717) is 24.5 Å². The van der Waals surface area contributed by atoms with Crippen LogP contribution in [-0.4, -0.2) is 34.5 Å². The van der Waals surface area contributed by atoms with Gasteiger partial charge in [-0.2, -0.15) is 0 Å². The van der Waals surface area contributed by atoms with Crippen LogP contribution in [0.4, 0.5) is 10.5 Å². The molecule has 0 radical (unpaired) electrons. The van der Waals surface area contributed by atoms with Gasteiger partial charge in [0.15, 0.2) is 0 Å². The summed E-state index contributed by atoms with van der Waals surface area (Å²) >= 11 is 0. The topological polar surface area (TPSA) is 65.6 Å². The highest BCUT2D eigenvalue weighted by Crippen LogP contribution is 2.45. The largest absolute Gasteiger partial charge is 0.494 e. The maximum absolute atomic E-state index is 13.8. The van der Waals surface area contributed by atoms with Gasteiger partial charge in [0.2, 0.25) is 0 Å². The number of nitrogens with zero attached hydrogens (tertiary/aromatic N) is 2. The Morgan fingerprint density at radius 1 is 1.00 bits per heavy atom. The molecule has 0 bridgehead atoms. The molecule has 1 aromatic heterocycles. The minimum Gasteiger partial charge on any atom is -0.494 e. The van der Waals surface area contributed by atoms with E-state index in [0.717, 1.165) is 33.3 Å². The number of aromatic amines is 1. The summed E-state index contributed by atoms with van der Waals surface area (Å²) in [5, 5.41) is 1.11. The lowest BCUT2D eigenvalue weighted by molar-refractivity contribution is -0.120. The fraction of sp³-hybridized carbons (Fsp3) is 0.214. The van der Waals surface area contributed by atoms with Gasteiger partial charge in [0.05, 0.1) is 12.3 Å². The molecule has 1 saturated heterocycles. The van der Waals surface area contributed by atoms with E-state index in [1.165, 1.54) is 4.90 Å². The Balaban J connectivity index is 1.49. The normalized spacial score (nSPS) is 19.5. The summed E-state index contributed by atoms with van der Waals surface area (Å²) < 4.78 is 5.53. The second kappa shape index (κ2) is 7.76. The maximum atomic E-state index is 13.8. The molecular formula is C28H25N3O3. The molecule has 0 spiro atoms. The quantitative estimate of drug-likeness (QED) is 0.425. The van der Waals surface area contributed by atoms with Crippen LogP contribution in [0.3, 0.4) is 0 Å². The third-order valence-corrected chi connectivity index (χ3v) is 6.81. The molecule has 3 amide bonds. The number of amides is 3. The standard InChI is InChI=1S/C28H25N3O3/c1-3-34-20-13-11-19(12-14-20)30-27(32)24-16-22-21-9-4-5-10-23(21)29-25(22)26(31(24)28(30)33)18-8-6-7-17(2)15-18/h4-15,24,26,29H,3,16H2,1-2H3/t24-,26+/m0/s1. The first-order chi connectivity index (χ1) is 16.6. The minimum atomic E-state index is -0.559. The number of ether oxygens (including phenoxy) is 1. The Morgan fingerprint density at radius 2 is 1.79 bits per heavy atom. The molecule has 3 heterocycles. The monoisotopic (exact) mass is 451 g/mol. The summed E-state index contributed by atoms with van der Waals surface area (Å²) in [4.78, 5) is 34.2. The first-order valence-electron chi connectivity index (χ1n) is 11.6. The highest BCUT2D eigenvalue weighted by atomic mass is 16.5. The Morgan fingerprint density at radius 3 is 2.56 bits per heavy atom. The van der Waals surface area contributed by atoms with Crippen molar-refractivity contribution in [2.75, 3.05) is 11.5 Å². The van der Waals surface area contributed by atoms with Crippen molar-refractivity contribution in [2.24, 2.45) is 0 Å². The van der Waals surface area contributed by atoms with Crippen molar-refractivity contribution in [3.05, 3.63) is 95.2 Å². The molecule has 6 rings (SSSR count). The molecule has 0 saturated carbocycles. The maximum Gasteiger partial charge on any atom is 0.332 e. The van der Waals surface area contributed by atoms with Gasteiger partial charge in [-0.3, -0.25) is 9.69 Å². The number of H-pyrrole nitrogens is 1. The molecule has 1 fully saturated rings. The molecule has 0 unspecified atom stereocenters. The first-order valence-corrected chi connectivity index (χ1v) is 11.6. The number of rotatable bonds is 4. The van der Waals surface area contributed by atoms with Crippen LogP contribution in [-0.2, 0) is 11.2 Å². The van der Waals surface area contributed by atoms with Crippen LogP contribution in [0.2, 0.25) is 0 Å². The van der Waals surface area contributed by atoms with E-state index < -0.39 is 6.04 Å². The van der Waals surface area contributed by atoms with E-state index in [2.05, 4.69) is 17.1 Å². The number of nitrogens with one attached hydrogen (secondary N) is 1. The van der Waals surface area contributed by atoms with Gasteiger partial charge in [0.25, 0.3) is 5.91 Å². The lowest BCUT2D eigenvalue weighted by atomic mass is 9.88. The van der Waals surface area contributed by atoms with Crippen molar-refractivity contribution in [1.82, 2.24) is 9.88 Å². The van der Waals surface area contributed by atoms with Crippen LogP contribution in [0.25, 0.3) is 10.9 Å². The van der Waals surface area contributed by atoms with Gasteiger partial charge in [-0.15, -0.1) is 0 Å². The van der Waals surface area contributed by atoms with Crippen LogP contribution in [0.1, 0.15) is 35.3 Å². The van der Waals surface area contributed by atoms with Crippen LogP contribution in [0.15, 0.2) is 72.8 Å². The molecule has 0 aliphatic carbocycles. The molecule has 6 heteroatoms. The average molecular weight is 452 g/mol. The van der Waals surface area contributed by atoms with E-state index >= 15 is 0 Å². The highest BCUT2D eigenvalue weighted by Gasteiger charge is 2.53. The average Bonchev–Trinajstić information content (AvgIpc) is 3.33. The van der Waals surface area contributed by atoms with Gasteiger partial charge in [-0.05, 0) is 55.3 Å². The molecule has 2 atom stereocenters. The van der Waals surface area contributed by atoms with Crippen molar-refractivity contribution in [3.8, 4) is 5.75 Å². The number of aryl methyl sites for hydroxylation is 1. The number of carbonyl (C=O) groups is 2. The zero-order valence-corrected chi connectivity index (χ0v) is 19.1. The first kappa shape index (κ1) is 20.5. The summed E-state index contributed by atoms with van der Waals surface area (Å²) in [5.74, 6) is 0.518. The summed E-state index contributed by atoms with van der Waals surface area (Å²) in [7, 11) is 0. The van der Waals surface area contributed by atoms with Gasteiger partial charge in [0, 0.05) is 23.0 Å². The number of urea groups is 1. The predicted molar refractivity (Wildman–Crippen MR) is 131 cm³/mol. The van der Waals surface area contributed by atoms with Gasteiger partial charge in [-0.25, -0.2) is 9.69 Å². The number of carbonyl (C=O) groups excluding carboxylic acids is 2. The van der Waals surface area contributed by atoms with Crippen LogP contribution in [0, 0.1) is 6.92 Å². The molecule has 170 valence electrons. The molecule has 4 aromatic rings. The van der Waals surface area contributed by atoms with E-state index in [9.17, 15) is 9.59 Å². The van der Waals surface area contributed by atoms with Crippen molar-refractivity contribution >= 4 is 28.5 Å². The van der Waals surface area contributed by atoms with Gasteiger partial charge in [0.1, 0.15) is 17.8 Å². The third-order valence-electron chi connectivity index (χ3n) is 6.81. The van der Waals surface area contributed by atoms with Crippen LogP contribution >= 0.6 is 0 Å². The molecule has 34 heavy (non-hydrogen) atoms. The second-order valence-corrected chi connectivity index (χ2v) is 8.89. The van der Waals surface area contributed by atoms with E-state index in [4.69, 9.17) is 4.74 Å². The zero-order valence-electron chi connectivity index (χ0n) is 19.1. The highest BCUT2D eigenvalue weighted by molar-refractivity contribution is 6.22. The van der Waals surface area contributed by atoms with Gasteiger partial charge < -0.3 is 9.72 Å². The lowest BCUT2D eigenvalue weighted by Crippen LogP contribution is -2.44. The van der Waals surface area contributed by atoms with Crippen LogP contribution < -0.4 is 9.64 Å². The van der Waals surface area contributed by atoms with Crippen LogP contribution in [0.5, 0.6) is 5.75 Å². The fourth-order valence-electron chi connectivity index (χ4n) is 5.36. The Kier molecular flexibility index (Phi) is 4.69. The smallest absolute Gasteiger partial charge is 0.332 e. The predicted octanol–water partition coefficient (Wildman–Crippen LogP) is 5.36. The number of hydrogen-bond acceptors (Lipinski definition) is 3. The van der Waals surface area contributed by atoms with Crippen molar-refractivity contribution in [3.63, 3.8) is 0 Å². The number of hydrogen-bond donors (Lipinski definition) is 1. The Hall–Kier alpha value is -4.06. The van der Waals surface area contributed by atoms with Gasteiger partial charge >= 0.3 is 6.03 Å². The molecule has 6 nitrogen and oxygen atoms in total. The number of aromatic nitrogens is 1. The molecular weight excluding hydrogens is 426 g/mol. The fourth-order valence-corrected chi connectivity index (χ4v) is 5.36. The van der Waals surface area contributed by atoms with Crippen molar-refractivity contribution < 1.29 is 14.3 Å². The number of anilines is 1. The number of fused-ring (bicyclic) bond motifs is 4. The van der Waals surface area contributed by atoms with Crippen molar-refractivity contribution in [2.45, 2.75) is 32.4 Å². The third kappa shape index (κ3) is 3.02. The van der Waals surface area contributed by atoms with Crippen molar-refractivity contribution in [1.29, 1.82) is 0 Å². The second-order valence-electron chi connectivity index (χ2n) is 8.89. The number of imide groups is 1. The summed E-state index contributed by atoms with van der Waals surface area (Å²) in [6.07, 6.45) is 0.486. The summed E-state index contributed by atoms with van der Waals surface area (Å²) in [6, 6.07) is 22.2.